The molecule has 0 radical (unpaired) electrons. The fraction of sp³-hybridized carbons (Fsp3) is 0. The number of carboxylic acids is 1. The Morgan fingerprint density at radius 2 is 1.88 bits per heavy atom. The minimum absolute atomic E-state index is 0.206. The van der Waals surface area contributed by atoms with E-state index in [1.165, 1.54) is 18.0 Å². The summed E-state index contributed by atoms with van der Waals surface area (Å²) in [7, 11) is 0. The number of benzene rings is 1. The quantitative estimate of drug-likeness (QED) is 0.882. The first-order chi connectivity index (χ1) is 7.75. The van der Waals surface area contributed by atoms with Crippen LogP contribution in [0.15, 0.2) is 58.6 Å². The van der Waals surface area contributed by atoms with Gasteiger partial charge in [0.05, 0.1) is 5.56 Å². The Balaban J connectivity index is 2.14. The molecule has 1 aromatic carbocycles. The molecule has 0 saturated heterocycles. The van der Waals surface area contributed by atoms with Crippen LogP contribution in [0.2, 0.25) is 0 Å². The maximum atomic E-state index is 10.6. The summed E-state index contributed by atoms with van der Waals surface area (Å²) in [6.45, 7) is 0. The van der Waals surface area contributed by atoms with Gasteiger partial charge in [-0.25, -0.2) is 9.78 Å². The molecule has 0 saturated carbocycles. The number of hydrogen-bond acceptors (Lipinski definition) is 3. The first-order valence-electron chi connectivity index (χ1n) is 4.68. The second kappa shape index (κ2) is 4.81. The Labute approximate surface area is 97.2 Å². The van der Waals surface area contributed by atoms with E-state index in [1.54, 1.807) is 12.1 Å². The summed E-state index contributed by atoms with van der Waals surface area (Å²) in [5.41, 5.74) is 0.206. The van der Waals surface area contributed by atoms with Crippen molar-refractivity contribution in [1.29, 1.82) is 0 Å². The average molecular weight is 231 g/mol. The Hall–Kier alpha value is -1.81. The van der Waals surface area contributed by atoms with Gasteiger partial charge in [0.25, 0.3) is 0 Å². The highest BCUT2D eigenvalue weighted by molar-refractivity contribution is 7.99. The van der Waals surface area contributed by atoms with Crippen molar-refractivity contribution >= 4 is 17.7 Å². The first kappa shape index (κ1) is 10.7. The number of rotatable bonds is 3. The van der Waals surface area contributed by atoms with Crippen LogP contribution >= 0.6 is 11.8 Å². The smallest absolute Gasteiger partial charge is 0.337 e. The van der Waals surface area contributed by atoms with Gasteiger partial charge in [0.15, 0.2) is 0 Å². The largest absolute Gasteiger partial charge is 0.478 e. The fourth-order valence-electron chi connectivity index (χ4n) is 1.18. The van der Waals surface area contributed by atoms with E-state index < -0.39 is 5.97 Å². The van der Waals surface area contributed by atoms with Gasteiger partial charge < -0.3 is 5.11 Å². The van der Waals surface area contributed by atoms with Gasteiger partial charge in [0, 0.05) is 11.1 Å². The van der Waals surface area contributed by atoms with Crippen LogP contribution in [0.3, 0.4) is 0 Å². The lowest BCUT2D eigenvalue weighted by atomic mass is 10.3. The molecule has 4 heteroatoms. The summed E-state index contributed by atoms with van der Waals surface area (Å²) < 4.78 is 0. The standard InChI is InChI=1S/C12H9NO2S/c14-12(15)9-6-7-11(13-8-9)16-10-4-2-1-3-5-10/h1-8H,(H,14,15). The minimum atomic E-state index is -0.955. The van der Waals surface area contributed by atoms with Gasteiger partial charge in [-0.15, -0.1) is 0 Å². The molecule has 0 aliphatic heterocycles. The van der Waals surface area contributed by atoms with Gasteiger partial charge in [0.2, 0.25) is 0 Å². The maximum absolute atomic E-state index is 10.6. The lowest BCUT2D eigenvalue weighted by Crippen LogP contribution is -1.96. The minimum Gasteiger partial charge on any atom is -0.478 e. The summed E-state index contributed by atoms with van der Waals surface area (Å²) in [4.78, 5) is 15.8. The summed E-state index contributed by atoms with van der Waals surface area (Å²) in [5.74, 6) is -0.955. The molecule has 0 aliphatic rings. The van der Waals surface area contributed by atoms with Gasteiger partial charge in [-0.2, -0.15) is 0 Å². The molecule has 1 N–H and O–H groups in total. The molecule has 2 aromatic rings. The first-order valence-corrected chi connectivity index (χ1v) is 5.49. The summed E-state index contributed by atoms with van der Waals surface area (Å²) in [6.07, 6.45) is 1.37. The van der Waals surface area contributed by atoms with Gasteiger partial charge >= 0.3 is 5.97 Å². The monoisotopic (exact) mass is 231 g/mol. The van der Waals surface area contributed by atoms with E-state index in [9.17, 15) is 4.79 Å². The van der Waals surface area contributed by atoms with E-state index in [2.05, 4.69) is 4.98 Å². The number of carboxylic acid groups (broad SMARTS) is 1. The van der Waals surface area contributed by atoms with Crippen LogP contribution in [-0.2, 0) is 0 Å². The highest BCUT2D eigenvalue weighted by Crippen LogP contribution is 2.25. The van der Waals surface area contributed by atoms with Crippen LogP contribution in [0, 0.1) is 0 Å². The predicted octanol–water partition coefficient (Wildman–Crippen LogP) is 2.93. The Kier molecular flexibility index (Phi) is 3.22. The van der Waals surface area contributed by atoms with Crippen molar-refractivity contribution in [2.24, 2.45) is 0 Å². The summed E-state index contributed by atoms with van der Waals surface area (Å²) >= 11 is 1.50. The normalized spacial score (nSPS) is 10.0. The molecular weight excluding hydrogens is 222 g/mol. The van der Waals surface area contributed by atoms with E-state index in [0.717, 1.165) is 9.92 Å². The zero-order chi connectivity index (χ0) is 11.4. The van der Waals surface area contributed by atoms with Crippen molar-refractivity contribution < 1.29 is 9.90 Å². The van der Waals surface area contributed by atoms with Gasteiger partial charge in [-0.3, -0.25) is 0 Å². The number of carbonyl (C=O) groups is 1. The third kappa shape index (κ3) is 2.61. The van der Waals surface area contributed by atoms with Crippen molar-refractivity contribution in [1.82, 2.24) is 4.98 Å². The molecule has 1 heterocycles. The number of nitrogens with zero attached hydrogens (tertiary/aromatic N) is 1. The molecule has 0 unspecified atom stereocenters. The lowest BCUT2D eigenvalue weighted by Gasteiger charge is -2.00. The number of hydrogen-bond donors (Lipinski definition) is 1. The molecule has 0 spiro atoms. The van der Waals surface area contributed by atoms with Crippen LogP contribution in [0.1, 0.15) is 10.4 Å². The zero-order valence-corrected chi connectivity index (χ0v) is 9.15. The predicted molar refractivity (Wildman–Crippen MR) is 61.8 cm³/mol. The molecule has 0 fully saturated rings. The van der Waals surface area contributed by atoms with E-state index in [4.69, 9.17) is 5.11 Å². The number of aromatic nitrogens is 1. The average Bonchev–Trinajstić information content (AvgIpc) is 2.31. The number of aromatic carboxylic acids is 1. The van der Waals surface area contributed by atoms with E-state index in [1.807, 2.05) is 30.3 Å². The summed E-state index contributed by atoms with van der Waals surface area (Å²) in [5, 5.41) is 9.51. The molecule has 16 heavy (non-hydrogen) atoms. The highest BCUT2D eigenvalue weighted by atomic mass is 32.2. The van der Waals surface area contributed by atoms with Crippen LogP contribution in [0.25, 0.3) is 0 Å². The summed E-state index contributed by atoms with van der Waals surface area (Å²) in [6, 6.07) is 13.1. The van der Waals surface area contributed by atoms with Crippen LogP contribution < -0.4 is 0 Å². The van der Waals surface area contributed by atoms with Crippen LogP contribution in [0.5, 0.6) is 0 Å². The zero-order valence-electron chi connectivity index (χ0n) is 8.33. The Bertz CT molecular complexity index is 482. The molecule has 0 amide bonds. The third-order valence-electron chi connectivity index (χ3n) is 1.95. The van der Waals surface area contributed by atoms with E-state index >= 15 is 0 Å². The fourth-order valence-corrected chi connectivity index (χ4v) is 1.95. The second-order valence-electron chi connectivity index (χ2n) is 3.11. The van der Waals surface area contributed by atoms with Crippen LogP contribution in [0.4, 0.5) is 0 Å². The molecule has 0 aliphatic carbocycles. The van der Waals surface area contributed by atoms with Gasteiger partial charge in [-0.1, -0.05) is 30.0 Å². The Morgan fingerprint density at radius 1 is 1.12 bits per heavy atom. The molecule has 3 nitrogen and oxygen atoms in total. The van der Waals surface area contributed by atoms with E-state index in [0.29, 0.717) is 0 Å². The maximum Gasteiger partial charge on any atom is 0.337 e. The van der Waals surface area contributed by atoms with Crippen molar-refractivity contribution in [3.8, 4) is 0 Å². The van der Waals surface area contributed by atoms with Gasteiger partial charge in [0.1, 0.15) is 5.03 Å². The molecule has 2 rings (SSSR count). The second-order valence-corrected chi connectivity index (χ2v) is 4.20. The Morgan fingerprint density at radius 3 is 2.44 bits per heavy atom. The van der Waals surface area contributed by atoms with Crippen molar-refractivity contribution in [2.45, 2.75) is 9.92 Å². The van der Waals surface area contributed by atoms with Crippen molar-refractivity contribution in [2.75, 3.05) is 0 Å². The molecular formula is C12H9NO2S. The lowest BCUT2D eigenvalue weighted by molar-refractivity contribution is 0.0696. The molecule has 1 aromatic heterocycles. The highest BCUT2D eigenvalue weighted by Gasteiger charge is 2.03. The third-order valence-corrected chi connectivity index (χ3v) is 2.91. The van der Waals surface area contributed by atoms with Crippen molar-refractivity contribution in [3.05, 3.63) is 54.2 Å². The van der Waals surface area contributed by atoms with E-state index in [-0.39, 0.29) is 5.56 Å². The van der Waals surface area contributed by atoms with Crippen LogP contribution in [-0.4, -0.2) is 16.1 Å². The molecule has 0 atom stereocenters. The SMILES string of the molecule is O=C(O)c1ccc(Sc2ccccc2)nc1. The van der Waals surface area contributed by atoms with Gasteiger partial charge in [-0.05, 0) is 24.3 Å². The molecule has 0 bridgehead atoms. The van der Waals surface area contributed by atoms with Crippen molar-refractivity contribution in [3.63, 3.8) is 0 Å². The molecule has 80 valence electrons. The number of pyridine rings is 1. The topological polar surface area (TPSA) is 50.2 Å².